The summed E-state index contributed by atoms with van der Waals surface area (Å²) >= 11 is 0. The Hall–Kier alpha value is -0.910. The molecular weight excluding hydrogens is 274 g/mol. The first-order valence-corrected chi connectivity index (χ1v) is 8.56. The Labute approximate surface area is 122 Å². The Balaban J connectivity index is 2.67. The van der Waals surface area contributed by atoms with Gasteiger partial charge in [0.25, 0.3) is 0 Å². The van der Waals surface area contributed by atoms with Crippen LogP contribution in [0.1, 0.15) is 25.0 Å². The summed E-state index contributed by atoms with van der Waals surface area (Å²) in [6, 6.07) is 5.07. The van der Waals surface area contributed by atoms with Crippen molar-refractivity contribution in [3.05, 3.63) is 29.3 Å². The van der Waals surface area contributed by atoms with Gasteiger partial charge >= 0.3 is 0 Å². The quantitative estimate of drug-likeness (QED) is 0.804. The molecule has 0 aliphatic heterocycles. The molecular formula is C15H25NO3S. The smallest absolute Gasteiger partial charge is 0.180 e. The van der Waals surface area contributed by atoms with E-state index in [4.69, 9.17) is 0 Å². The monoisotopic (exact) mass is 299 g/mol. The Morgan fingerprint density at radius 1 is 1.15 bits per heavy atom. The first kappa shape index (κ1) is 17.1. The number of nitrogens with one attached hydrogen (secondary N) is 1. The molecule has 0 amide bonds. The van der Waals surface area contributed by atoms with Crippen molar-refractivity contribution in [1.29, 1.82) is 0 Å². The third-order valence-corrected chi connectivity index (χ3v) is 4.98. The number of aryl methyl sites for hydroxylation is 2. The van der Waals surface area contributed by atoms with Crippen molar-refractivity contribution in [2.45, 2.75) is 38.7 Å². The van der Waals surface area contributed by atoms with E-state index in [0.29, 0.717) is 12.5 Å². The summed E-state index contributed by atoms with van der Waals surface area (Å²) in [5, 5.41) is 12.9. The highest BCUT2D eigenvalue weighted by molar-refractivity contribution is 7.91. The van der Waals surface area contributed by atoms with E-state index in [1.54, 1.807) is 18.2 Å². The predicted octanol–water partition coefficient (Wildman–Crippen LogP) is 1.68. The van der Waals surface area contributed by atoms with Gasteiger partial charge in [-0.2, -0.15) is 0 Å². The fourth-order valence-corrected chi connectivity index (χ4v) is 3.30. The van der Waals surface area contributed by atoms with Crippen molar-refractivity contribution in [2.24, 2.45) is 5.92 Å². The molecule has 1 atom stereocenters. The second-order valence-corrected chi connectivity index (χ2v) is 7.77. The molecule has 0 aliphatic carbocycles. The highest BCUT2D eigenvalue weighted by Crippen LogP contribution is 2.16. The van der Waals surface area contributed by atoms with Crippen LogP contribution in [0.4, 0.5) is 0 Å². The minimum atomic E-state index is -3.44. The van der Waals surface area contributed by atoms with E-state index < -0.39 is 15.9 Å². The summed E-state index contributed by atoms with van der Waals surface area (Å²) in [5.74, 6) is 0.221. The lowest BCUT2D eigenvalue weighted by atomic mass is 10.1. The maximum atomic E-state index is 12.2. The van der Waals surface area contributed by atoms with Crippen molar-refractivity contribution in [3.8, 4) is 0 Å². The van der Waals surface area contributed by atoms with Crippen molar-refractivity contribution in [1.82, 2.24) is 5.32 Å². The molecule has 0 radical (unpaired) electrons. The van der Waals surface area contributed by atoms with Crippen LogP contribution in [0.2, 0.25) is 0 Å². The first-order valence-electron chi connectivity index (χ1n) is 6.91. The van der Waals surface area contributed by atoms with Gasteiger partial charge in [-0.05, 0) is 49.6 Å². The van der Waals surface area contributed by atoms with E-state index in [-0.39, 0.29) is 10.6 Å². The number of aliphatic hydroxyl groups excluding tert-OH is 1. The lowest BCUT2D eigenvalue weighted by molar-refractivity contribution is 0.192. The molecule has 0 spiro atoms. The fraction of sp³-hybridized carbons (Fsp3) is 0.600. The minimum Gasteiger partial charge on any atom is -0.391 e. The summed E-state index contributed by atoms with van der Waals surface area (Å²) in [5.41, 5.74) is 2.00. The molecule has 114 valence electrons. The number of hydrogen-bond acceptors (Lipinski definition) is 4. The lowest BCUT2D eigenvalue weighted by Gasteiger charge is -2.14. The molecule has 20 heavy (non-hydrogen) atoms. The van der Waals surface area contributed by atoms with E-state index in [1.165, 1.54) is 0 Å². The zero-order chi connectivity index (χ0) is 15.3. The zero-order valence-corrected chi connectivity index (χ0v) is 13.5. The van der Waals surface area contributed by atoms with Crippen LogP contribution in [0.25, 0.3) is 0 Å². The third-order valence-electron chi connectivity index (χ3n) is 3.18. The molecule has 1 unspecified atom stereocenters. The van der Waals surface area contributed by atoms with Crippen molar-refractivity contribution in [2.75, 3.05) is 18.8 Å². The largest absolute Gasteiger partial charge is 0.391 e. The highest BCUT2D eigenvalue weighted by atomic mass is 32.2. The van der Waals surface area contributed by atoms with Gasteiger partial charge in [0.15, 0.2) is 9.84 Å². The van der Waals surface area contributed by atoms with Gasteiger partial charge in [0.1, 0.15) is 0 Å². The molecule has 1 rings (SSSR count). The minimum absolute atomic E-state index is 0.249. The maximum absolute atomic E-state index is 12.2. The van der Waals surface area contributed by atoms with E-state index >= 15 is 0 Å². The van der Waals surface area contributed by atoms with E-state index in [9.17, 15) is 13.5 Å². The van der Waals surface area contributed by atoms with Crippen molar-refractivity contribution in [3.63, 3.8) is 0 Å². The van der Waals surface area contributed by atoms with Crippen LogP contribution < -0.4 is 5.32 Å². The molecule has 0 saturated heterocycles. The Morgan fingerprint density at radius 2 is 1.80 bits per heavy atom. The molecule has 0 aromatic heterocycles. The van der Waals surface area contributed by atoms with Crippen LogP contribution in [0.5, 0.6) is 0 Å². The summed E-state index contributed by atoms with van der Waals surface area (Å²) in [6.07, 6.45) is -0.889. The van der Waals surface area contributed by atoms with Crippen LogP contribution >= 0.6 is 0 Å². The zero-order valence-electron chi connectivity index (χ0n) is 12.7. The summed E-state index contributed by atoms with van der Waals surface area (Å²) in [6.45, 7) is 9.00. The number of benzene rings is 1. The van der Waals surface area contributed by atoms with Crippen LogP contribution in [-0.4, -0.2) is 38.5 Å². The molecule has 0 heterocycles. The molecule has 0 saturated carbocycles. The Bertz CT molecular complexity index is 538. The van der Waals surface area contributed by atoms with Crippen molar-refractivity contribution < 1.29 is 13.5 Å². The van der Waals surface area contributed by atoms with Crippen LogP contribution in [0, 0.1) is 19.8 Å². The van der Waals surface area contributed by atoms with Crippen LogP contribution in [0.15, 0.2) is 23.1 Å². The standard InChI is InChI=1S/C15H25NO3S/c1-11(2)8-16-9-14(17)10-20(18,19)15-6-5-12(3)13(4)7-15/h5-7,11,14,16-17H,8-10H2,1-4H3. The maximum Gasteiger partial charge on any atom is 0.180 e. The second kappa shape index (κ2) is 7.20. The van der Waals surface area contributed by atoms with Gasteiger partial charge in [0.05, 0.1) is 16.8 Å². The van der Waals surface area contributed by atoms with Crippen molar-refractivity contribution >= 4 is 9.84 Å². The summed E-state index contributed by atoms with van der Waals surface area (Å²) in [7, 11) is -3.44. The van der Waals surface area contributed by atoms with Gasteiger partial charge in [-0.1, -0.05) is 19.9 Å². The van der Waals surface area contributed by atoms with Gasteiger partial charge in [0, 0.05) is 6.54 Å². The molecule has 0 fully saturated rings. The highest BCUT2D eigenvalue weighted by Gasteiger charge is 2.20. The van der Waals surface area contributed by atoms with Crippen LogP contribution in [0.3, 0.4) is 0 Å². The molecule has 0 aliphatic rings. The molecule has 1 aromatic carbocycles. The molecule has 4 nitrogen and oxygen atoms in total. The number of sulfone groups is 1. The average molecular weight is 299 g/mol. The van der Waals surface area contributed by atoms with Gasteiger partial charge in [-0.25, -0.2) is 8.42 Å². The second-order valence-electron chi connectivity index (χ2n) is 5.73. The normalized spacial score (nSPS) is 13.7. The van der Waals surface area contributed by atoms with Gasteiger partial charge < -0.3 is 10.4 Å². The van der Waals surface area contributed by atoms with Crippen LogP contribution in [-0.2, 0) is 9.84 Å². The summed E-state index contributed by atoms with van der Waals surface area (Å²) in [4.78, 5) is 0.281. The average Bonchev–Trinajstić information content (AvgIpc) is 2.31. The van der Waals surface area contributed by atoms with E-state index in [1.807, 2.05) is 13.8 Å². The van der Waals surface area contributed by atoms with Gasteiger partial charge in [0.2, 0.25) is 0 Å². The first-order chi connectivity index (χ1) is 9.22. The van der Waals surface area contributed by atoms with E-state index in [2.05, 4.69) is 19.2 Å². The van der Waals surface area contributed by atoms with Gasteiger partial charge in [-0.15, -0.1) is 0 Å². The number of rotatable bonds is 7. The number of aliphatic hydroxyl groups is 1. The Morgan fingerprint density at radius 3 is 2.35 bits per heavy atom. The SMILES string of the molecule is Cc1ccc(S(=O)(=O)CC(O)CNCC(C)C)cc1C. The van der Waals surface area contributed by atoms with Gasteiger partial charge in [-0.3, -0.25) is 0 Å². The molecule has 1 aromatic rings. The number of hydrogen-bond donors (Lipinski definition) is 2. The predicted molar refractivity (Wildman–Crippen MR) is 81.7 cm³/mol. The third kappa shape index (κ3) is 5.23. The van der Waals surface area contributed by atoms with E-state index in [0.717, 1.165) is 17.7 Å². The lowest BCUT2D eigenvalue weighted by Crippen LogP contribution is -2.34. The Kier molecular flexibility index (Phi) is 6.17. The molecule has 0 bridgehead atoms. The summed E-state index contributed by atoms with van der Waals surface area (Å²) < 4.78 is 24.4. The fourth-order valence-electron chi connectivity index (χ4n) is 1.85. The molecule has 5 heteroatoms. The molecule has 2 N–H and O–H groups in total. The topological polar surface area (TPSA) is 66.4 Å².